The highest BCUT2D eigenvalue weighted by Crippen LogP contribution is 2.27. The lowest BCUT2D eigenvalue weighted by Gasteiger charge is -2.05. The van der Waals surface area contributed by atoms with E-state index < -0.39 is 0 Å². The number of amides is 1. The zero-order valence-electron chi connectivity index (χ0n) is 12.7. The number of carbonyl (C=O) groups excluding carboxylic acids is 1. The minimum Gasteiger partial charge on any atom is -0.351 e. The fraction of sp³-hybridized carbons (Fsp3) is 0.250. The number of halogens is 2. The van der Waals surface area contributed by atoms with Gasteiger partial charge in [-0.25, -0.2) is 0 Å². The van der Waals surface area contributed by atoms with Crippen LogP contribution < -0.4 is 5.32 Å². The molecule has 120 valence electrons. The molecule has 2 heterocycles. The molecule has 1 N–H and O–H groups in total. The summed E-state index contributed by atoms with van der Waals surface area (Å²) in [5.41, 5.74) is 1.94. The lowest BCUT2D eigenvalue weighted by molar-refractivity contribution is 0.0958. The normalized spacial score (nSPS) is 11.1. The summed E-state index contributed by atoms with van der Waals surface area (Å²) in [5, 5.41) is 9.51. The van der Waals surface area contributed by atoms with Crippen LogP contribution in [0.15, 0.2) is 24.3 Å². The van der Waals surface area contributed by atoms with Crippen LogP contribution in [0.5, 0.6) is 0 Å². The van der Waals surface area contributed by atoms with Crippen LogP contribution in [0.1, 0.15) is 20.9 Å². The molecule has 0 saturated carbocycles. The second kappa shape index (κ2) is 6.51. The maximum atomic E-state index is 12.3. The first kappa shape index (κ1) is 16.3. The van der Waals surface area contributed by atoms with E-state index >= 15 is 0 Å². The van der Waals surface area contributed by atoms with Crippen molar-refractivity contribution in [1.29, 1.82) is 0 Å². The van der Waals surface area contributed by atoms with Gasteiger partial charge in [0.1, 0.15) is 4.83 Å². The predicted molar refractivity (Wildman–Crippen MR) is 95.8 cm³/mol. The molecule has 0 bridgehead atoms. The van der Waals surface area contributed by atoms with E-state index in [0.29, 0.717) is 27.9 Å². The molecule has 0 fully saturated rings. The molecule has 3 rings (SSSR count). The summed E-state index contributed by atoms with van der Waals surface area (Å²) >= 11 is 13.4. The van der Waals surface area contributed by atoms with Crippen LogP contribution in [-0.2, 0) is 13.5 Å². The van der Waals surface area contributed by atoms with E-state index in [1.807, 2.05) is 32.2 Å². The quantitative estimate of drug-likeness (QED) is 0.750. The van der Waals surface area contributed by atoms with Crippen molar-refractivity contribution in [2.45, 2.75) is 13.3 Å². The van der Waals surface area contributed by atoms with Crippen LogP contribution in [0, 0.1) is 6.92 Å². The number of aromatic nitrogens is 2. The zero-order chi connectivity index (χ0) is 16.6. The monoisotopic (exact) mass is 367 g/mol. The van der Waals surface area contributed by atoms with Crippen molar-refractivity contribution in [3.05, 3.63) is 50.4 Å². The van der Waals surface area contributed by atoms with Gasteiger partial charge in [0, 0.05) is 29.0 Å². The van der Waals surface area contributed by atoms with Crippen LogP contribution in [0.2, 0.25) is 10.0 Å². The van der Waals surface area contributed by atoms with Crippen LogP contribution in [-0.4, -0.2) is 22.2 Å². The molecule has 3 aromatic rings. The molecule has 1 amide bonds. The van der Waals surface area contributed by atoms with Crippen LogP contribution in [0.4, 0.5) is 0 Å². The van der Waals surface area contributed by atoms with Gasteiger partial charge in [0.25, 0.3) is 5.91 Å². The number of thiophene rings is 1. The Morgan fingerprint density at radius 2 is 1.96 bits per heavy atom. The summed E-state index contributed by atoms with van der Waals surface area (Å²) in [7, 11) is 1.89. The van der Waals surface area contributed by atoms with Crippen molar-refractivity contribution in [3.8, 4) is 0 Å². The molecule has 0 aliphatic heterocycles. The van der Waals surface area contributed by atoms with Crippen molar-refractivity contribution < 1.29 is 4.79 Å². The van der Waals surface area contributed by atoms with E-state index in [1.165, 1.54) is 11.3 Å². The molecule has 0 aliphatic carbocycles. The number of aryl methyl sites for hydroxylation is 2. The van der Waals surface area contributed by atoms with Crippen molar-refractivity contribution in [1.82, 2.24) is 15.1 Å². The number of fused-ring (bicyclic) bond motifs is 1. The summed E-state index contributed by atoms with van der Waals surface area (Å²) in [6.07, 6.45) is 0.678. The van der Waals surface area contributed by atoms with Crippen LogP contribution >= 0.6 is 34.5 Å². The topological polar surface area (TPSA) is 46.9 Å². The van der Waals surface area contributed by atoms with Crippen molar-refractivity contribution in [3.63, 3.8) is 0 Å². The van der Waals surface area contributed by atoms with Gasteiger partial charge in [0.05, 0.1) is 10.6 Å². The molecule has 0 radical (unpaired) electrons. The molecule has 7 heteroatoms. The van der Waals surface area contributed by atoms with E-state index in [2.05, 4.69) is 10.4 Å². The Morgan fingerprint density at radius 1 is 1.26 bits per heavy atom. The van der Waals surface area contributed by atoms with E-state index in [9.17, 15) is 4.79 Å². The van der Waals surface area contributed by atoms with Gasteiger partial charge in [0.2, 0.25) is 0 Å². The Morgan fingerprint density at radius 3 is 2.61 bits per heavy atom. The summed E-state index contributed by atoms with van der Waals surface area (Å²) in [4.78, 5) is 14.0. The first-order valence-electron chi connectivity index (χ1n) is 7.10. The summed E-state index contributed by atoms with van der Waals surface area (Å²) < 4.78 is 1.81. The van der Waals surface area contributed by atoms with Crippen molar-refractivity contribution in [2.24, 2.45) is 7.05 Å². The van der Waals surface area contributed by atoms with Gasteiger partial charge in [-0.15, -0.1) is 11.3 Å². The SMILES string of the molecule is Cc1nn(C)c2sc(C(=O)NCCc3cc(Cl)cc(Cl)c3)cc12. The third-order valence-corrected chi connectivity index (χ3v) is 5.18. The molecule has 0 saturated heterocycles. The number of rotatable bonds is 4. The Kier molecular flexibility index (Phi) is 4.62. The van der Waals surface area contributed by atoms with E-state index in [4.69, 9.17) is 23.2 Å². The van der Waals surface area contributed by atoms with E-state index in [-0.39, 0.29) is 5.91 Å². The summed E-state index contributed by atoms with van der Waals surface area (Å²) in [5.74, 6) is -0.0706. The lowest BCUT2D eigenvalue weighted by atomic mass is 10.1. The Labute approximate surface area is 148 Å². The molecule has 2 aromatic heterocycles. The minimum atomic E-state index is -0.0706. The number of carbonyl (C=O) groups is 1. The maximum absolute atomic E-state index is 12.3. The number of hydrogen-bond acceptors (Lipinski definition) is 3. The van der Waals surface area contributed by atoms with Gasteiger partial charge in [-0.1, -0.05) is 23.2 Å². The fourth-order valence-corrected chi connectivity index (χ4v) is 4.09. The van der Waals surface area contributed by atoms with Crippen LogP contribution in [0.25, 0.3) is 10.2 Å². The van der Waals surface area contributed by atoms with Crippen molar-refractivity contribution >= 4 is 50.7 Å². The predicted octanol–water partition coefficient (Wildman–Crippen LogP) is 4.22. The van der Waals surface area contributed by atoms with Gasteiger partial charge in [0.15, 0.2) is 0 Å². The van der Waals surface area contributed by atoms with Crippen molar-refractivity contribution in [2.75, 3.05) is 6.54 Å². The molecule has 4 nitrogen and oxygen atoms in total. The standard InChI is InChI=1S/C16H15Cl2N3OS/c1-9-13-8-14(23-16(13)21(2)20-9)15(22)19-4-3-10-5-11(17)7-12(18)6-10/h5-8H,3-4H2,1-2H3,(H,19,22). The molecule has 1 aromatic carbocycles. The highest BCUT2D eigenvalue weighted by Gasteiger charge is 2.14. The van der Waals surface area contributed by atoms with E-state index in [0.717, 1.165) is 21.5 Å². The third-order valence-electron chi connectivity index (χ3n) is 3.54. The van der Waals surface area contributed by atoms with Crippen LogP contribution in [0.3, 0.4) is 0 Å². The summed E-state index contributed by atoms with van der Waals surface area (Å²) in [6.45, 7) is 2.47. The van der Waals surface area contributed by atoms with Gasteiger partial charge >= 0.3 is 0 Å². The molecule has 23 heavy (non-hydrogen) atoms. The number of nitrogens with one attached hydrogen (secondary N) is 1. The molecule has 0 spiro atoms. The minimum absolute atomic E-state index is 0.0706. The smallest absolute Gasteiger partial charge is 0.261 e. The lowest BCUT2D eigenvalue weighted by Crippen LogP contribution is -2.24. The zero-order valence-corrected chi connectivity index (χ0v) is 15.0. The molecular weight excluding hydrogens is 353 g/mol. The average Bonchev–Trinajstić information content (AvgIpc) is 3.00. The van der Waals surface area contributed by atoms with Gasteiger partial charge < -0.3 is 5.32 Å². The average molecular weight is 368 g/mol. The Bertz CT molecular complexity index is 830. The Hall–Kier alpha value is -1.56. The largest absolute Gasteiger partial charge is 0.351 e. The highest BCUT2D eigenvalue weighted by atomic mass is 35.5. The van der Waals surface area contributed by atoms with Gasteiger partial charge in [-0.3, -0.25) is 9.48 Å². The molecular formula is C16H15Cl2N3OS. The molecule has 0 atom stereocenters. The second-order valence-electron chi connectivity index (χ2n) is 5.32. The third kappa shape index (κ3) is 3.52. The second-order valence-corrected chi connectivity index (χ2v) is 7.23. The van der Waals surface area contributed by atoms with E-state index in [1.54, 1.807) is 10.7 Å². The Balaban J connectivity index is 1.65. The maximum Gasteiger partial charge on any atom is 0.261 e. The first-order chi connectivity index (χ1) is 10.9. The number of nitrogens with zero attached hydrogens (tertiary/aromatic N) is 2. The number of benzene rings is 1. The molecule has 0 aliphatic rings. The number of hydrogen-bond donors (Lipinski definition) is 1. The fourth-order valence-electron chi connectivity index (χ4n) is 2.48. The summed E-state index contributed by atoms with van der Waals surface area (Å²) in [6, 6.07) is 7.30. The highest BCUT2D eigenvalue weighted by molar-refractivity contribution is 7.20. The van der Waals surface area contributed by atoms with Gasteiger partial charge in [-0.05, 0) is 43.2 Å². The van der Waals surface area contributed by atoms with Gasteiger partial charge in [-0.2, -0.15) is 5.10 Å². The first-order valence-corrected chi connectivity index (χ1v) is 8.67. The molecule has 0 unspecified atom stereocenters.